The van der Waals surface area contributed by atoms with Gasteiger partial charge in [-0.1, -0.05) is 28.1 Å². The van der Waals surface area contributed by atoms with Gasteiger partial charge in [0.2, 0.25) is 0 Å². The molecule has 0 aliphatic rings. The van der Waals surface area contributed by atoms with E-state index < -0.39 is 0 Å². The third-order valence-corrected chi connectivity index (χ3v) is 3.28. The lowest BCUT2D eigenvalue weighted by molar-refractivity contribution is 0.475. The second-order valence-electron chi connectivity index (χ2n) is 4.02. The van der Waals surface area contributed by atoms with Crippen molar-refractivity contribution < 1.29 is 9.13 Å². The van der Waals surface area contributed by atoms with Gasteiger partial charge >= 0.3 is 0 Å². The monoisotopic (exact) mass is 339 g/mol. The van der Waals surface area contributed by atoms with Crippen LogP contribution in [0.3, 0.4) is 0 Å². The predicted octanol–water partition coefficient (Wildman–Crippen LogP) is 4.32. The summed E-state index contributed by atoms with van der Waals surface area (Å²) in [4.78, 5) is 0.252. The molecule has 2 aromatic rings. The molecule has 0 saturated carbocycles. The molecule has 0 aliphatic heterocycles. The van der Waals surface area contributed by atoms with E-state index >= 15 is 0 Å². The van der Waals surface area contributed by atoms with E-state index in [4.69, 9.17) is 22.7 Å². The first kappa shape index (κ1) is 14.0. The van der Waals surface area contributed by atoms with Gasteiger partial charge in [-0.15, -0.1) is 0 Å². The molecule has 98 valence electrons. The first-order valence-electron chi connectivity index (χ1n) is 5.51. The van der Waals surface area contributed by atoms with Gasteiger partial charge in [0.05, 0.1) is 5.56 Å². The molecule has 5 heteroatoms. The number of hydrogen-bond donors (Lipinski definition) is 1. The third-order valence-electron chi connectivity index (χ3n) is 2.57. The van der Waals surface area contributed by atoms with Crippen molar-refractivity contribution in [3.05, 3.63) is 57.8 Å². The minimum Gasteiger partial charge on any atom is -0.456 e. The molecule has 0 unspecified atom stereocenters. The van der Waals surface area contributed by atoms with Crippen molar-refractivity contribution in [2.24, 2.45) is 5.73 Å². The molecular weight excluding hydrogens is 329 g/mol. The Morgan fingerprint density at radius 3 is 2.58 bits per heavy atom. The van der Waals surface area contributed by atoms with E-state index in [1.807, 2.05) is 6.07 Å². The molecule has 0 heterocycles. The van der Waals surface area contributed by atoms with E-state index in [0.29, 0.717) is 22.6 Å². The zero-order valence-electron chi connectivity index (χ0n) is 10.1. The fourth-order valence-corrected chi connectivity index (χ4v) is 2.14. The van der Waals surface area contributed by atoms with Crippen LogP contribution in [0.4, 0.5) is 4.39 Å². The molecule has 2 N–H and O–H groups in total. The molecule has 0 spiro atoms. The lowest BCUT2D eigenvalue weighted by atomic mass is 10.2. The molecule has 2 rings (SSSR count). The van der Waals surface area contributed by atoms with Gasteiger partial charge in [-0.05, 0) is 48.9 Å². The Morgan fingerprint density at radius 1 is 1.21 bits per heavy atom. The van der Waals surface area contributed by atoms with Crippen LogP contribution in [0.15, 0.2) is 40.9 Å². The second kappa shape index (κ2) is 5.67. The number of ether oxygens (including phenoxy) is 1. The highest BCUT2D eigenvalue weighted by Gasteiger charge is 2.10. The lowest BCUT2D eigenvalue weighted by Crippen LogP contribution is -2.10. The summed E-state index contributed by atoms with van der Waals surface area (Å²) in [6, 6.07) is 9.72. The van der Waals surface area contributed by atoms with Crippen molar-refractivity contribution in [1.29, 1.82) is 0 Å². The Morgan fingerprint density at radius 2 is 1.95 bits per heavy atom. The number of halogens is 2. The molecular formula is C14H11BrFNOS. The highest BCUT2D eigenvalue weighted by Crippen LogP contribution is 2.30. The van der Waals surface area contributed by atoms with E-state index in [-0.39, 0.29) is 10.8 Å². The molecule has 2 aromatic carbocycles. The minimum atomic E-state index is -0.298. The summed E-state index contributed by atoms with van der Waals surface area (Å²) in [6.45, 7) is 1.77. The Kier molecular flexibility index (Phi) is 4.17. The quantitative estimate of drug-likeness (QED) is 0.845. The number of thiocarbonyl (C=S) groups is 1. The Bertz CT molecular complexity index is 645. The summed E-state index contributed by atoms with van der Waals surface area (Å²) in [5.41, 5.74) is 7.00. The number of rotatable bonds is 3. The van der Waals surface area contributed by atoms with Crippen molar-refractivity contribution in [3.63, 3.8) is 0 Å². The van der Waals surface area contributed by atoms with Crippen LogP contribution in [0.5, 0.6) is 11.5 Å². The highest BCUT2D eigenvalue weighted by molar-refractivity contribution is 9.10. The van der Waals surface area contributed by atoms with Gasteiger partial charge in [0, 0.05) is 4.47 Å². The zero-order chi connectivity index (χ0) is 14.0. The van der Waals surface area contributed by atoms with E-state index in [0.717, 1.165) is 4.47 Å². The van der Waals surface area contributed by atoms with Crippen LogP contribution in [0.25, 0.3) is 0 Å². The molecule has 0 atom stereocenters. The lowest BCUT2D eigenvalue weighted by Gasteiger charge is -2.12. The van der Waals surface area contributed by atoms with E-state index in [1.165, 1.54) is 12.1 Å². The van der Waals surface area contributed by atoms with E-state index in [9.17, 15) is 4.39 Å². The largest absolute Gasteiger partial charge is 0.456 e. The summed E-state index contributed by atoms with van der Waals surface area (Å²) >= 11 is 8.35. The number of benzene rings is 2. The van der Waals surface area contributed by atoms with Gasteiger partial charge in [-0.2, -0.15) is 0 Å². The van der Waals surface area contributed by atoms with Crippen LogP contribution in [0, 0.1) is 12.7 Å². The molecule has 0 fully saturated rings. The average Bonchev–Trinajstić information content (AvgIpc) is 2.32. The highest BCUT2D eigenvalue weighted by atomic mass is 79.9. The van der Waals surface area contributed by atoms with E-state index in [2.05, 4.69) is 15.9 Å². The minimum absolute atomic E-state index is 0.252. The predicted molar refractivity (Wildman–Crippen MR) is 81.2 cm³/mol. The van der Waals surface area contributed by atoms with Crippen molar-refractivity contribution in [3.8, 4) is 11.5 Å². The molecule has 0 amide bonds. The summed E-state index contributed by atoms with van der Waals surface area (Å²) < 4.78 is 19.7. The van der Waals surface area contributed by atoms with Crippen molar-refractivity contribution in [1.82, 2.24) is 0 Å². The summed E-state index contributed by atoms with van der Waals surface area (Å²) in [6.07, 6.45) is 0. The van der Waals surface area contributed by atoms with Crippen LogP contribution in [-0.4, -0.2) is 4.99 Å². The van der Waals surface area contributed by atoms with Crippen molar-refractivity contribution >= 4 is 33.1 Å². The van der Waals surface area contributed by atoms with Crippen LogP contribution in [-0.2, 0) is 0 Å². The van der Waals surface area contributed by atoms with Crippen LogP contribution >= 0.6 is 28.1 Å². The third kappa shape index (κ3) is 3.30. The standard InChI is InChI=1S/C14H11BrFNOS/c1-8-6-10(16)3-5-12(8)18-13-7-9(15)2-4-11(13)14(17)19/h2-7H,1H3,(H2,17,19). The van der Waals surface area contributed by atoms with Gasteiger partial charge in [-0.3, -0.25) is 0 Å². The van der Waals surface area contributed by atoms with Gasteiger partial charge in [0.15, 0.2) is 0 Å². The van der Waals surface area contributed by atoms with Crippen LogP contribution < -0.4 is 10.5 Å². The van der Waals surface area contributed by atoms with Gasteiger partial charge < -0.3 is 10.5 Å². The van der Waals surface area contributed by atoms with Crippen LogP contribution in [0.2, 0.25) is 0 Å². The molecule has 0 radical (unpaired) electrons. The normalized spacial score (nSPS) is 10.3. The van der Waals surface area contributed by atoms with Gasteiger partial charge in [0.25, 0.3) is 0 Å². The topological polar surface area (TPSA) is 35.2 Å². The summed E-state index contributed by atoms with van der Waals surface area (Å²) in [7, 11) is 0. The molecule has 2 nitrogen and oxygen atoms in total. The van der Waals surface area contributed by atoms with Crippen LogP contribution in [0.1, 0.15) is 11.1 Å². The fourth-order valence-electron chi connectivity index (χ4n) is 1.63. The number of nitrogens with two attached hydrogens (primary N) is 1. The maximum absolute atomic E-state index is 13.1. The number of hydrogen-bond acceptors (Lipinski definition) is 2. The number of aryl methyl sites for hydroxylation is 1. The SMILES string of the molecule is Cc1cc(F)ccc1Oc1cc(Br)ccc1C(N)=S. The average molecular weight is 340 g/mol. The summed E-state index contributed by atoms with van der Waals surface area (Å²) in [5.74, 6) is 0.808. The second-order valence-corrected chi connectivity index (χ2v) is 5.37. The Labute approximate surface area is 124 Å². The maximum atomic E-state index is 13.1. The van der Waals surface area contributed by atoms with Crippen molar-refractivity contribution in [2.75, 3.05) is 0 Å². The summed E-state index contributed by atoms with van der Waals surface area (Å²) in [5, 5.41) is 0. The fraction of sp³-hybridized carbons (Fsp3) is 0.0714. The van der Waals surface area contributed by atoms with Gasteiger partial charge in [0.1, 0.15) is 22.3 Å². The smallest absolute Gasteiger partial charge is 0.138 e. The first-order valence-corrected chi connectivity index (χ1v) is 6.71. The Balaban J connectivity index is 2.42. The molecule has 0 aliphatic carbocycles. The maximum Gasteiger partial charge on any atom is 0.138 e. The molecule has 0 saturated heterocycles. The molecule has 0 aromatic heterocycles. The molecule has 0 bridgehead atoms. The molecule has 19 heavy (non-hydrogen) atoms. The first-order chi connectivity index (χ1) is 8.97. The zero-order valence-corrected chi connectivity index (χ0v) is 12.5. The Hall–Kier alpha value is -1.46. The van der Waals surface area contributed by atoms with Gasteiger partial charge in [-0.25, -0.2) is 4.39 Å². The van der Waals surface area contributed by atoms with E-state index in [1.54, 1.807) is 25.1 Å². The van der Waals surface area contributed by atoms with Crippen molar-refractivity contribution in [2.45, 2.75) is 6.92 Å².